The number of likely N-dealkylation sites (N-methyl/N-ethyl adjacent to an activating group) is 1. The smallest absolute Gasteiger partial charge is 0.249 e. The van der Waals surface area contributed by atoms with Gasteiger partial charge >= 0.3 is 0 Å². The van der Waals surface area contributed by atoms with Crippen LogP contribution in [0.25, 0.3) is 0 Å². The summed E-state index contributed by atoms with van der Waals surface area (Å²) in [5.41, 5.74) is 0.637. The van der Waals surface area contributed by atoms with Gasteiger partial charge in [-0.05, 0) is 35.8 Å². The van der Waals surface area contributed by atoms with Crippen molar-refractivity contribution in [2.45, 2.75) is 19.4 Å². The lowest BCUT2D eigenvalue weighted by Crippen LogP contribution is -2.54. The fourth-order valence-corrected chi connectivity index (χ4v) is 1.99. The van der Waals surface area contributed by atoms with Gasteiger partial charge in [-0.15, -0.1) is 0 Å². The van der Waals surface area contributed by atoms with Gasteiger partial charge in [-0.25, -0.2) is 4.39 Å². The zero-order valence-corrected chi connectivity index (χ0v) is 10.9. The van der Waals surface area contributed by atoms with Crippen molar-refractivity contribution in [2.75, 3.05) is 17.3 Å². The molecule has 0 fully saturated rings. The van der Waals surface area contributed by atoms with Gasteiger partial charge in [-0.3, -0.25) is 4.79 Å². The van der Waals surface area contributed by atoms with E-state index >= 15 is 0 Å². The van der Waals surface area contributed by atoms with Gasteiger partial charge < -0.3 is 10.2 Å². The molecule has 5 heteroatoms. The van der Waals surface area contributed by atoms with Crippen LogP contribution in [-0.2, 0) is 4.79 Å². The highest BCUT2D eigenvalue weighted by molar-refractivity contribution is 9.10. The third kappa shape index (κ3) is 1.50. The van der Waals surface area contributed by atoms with Gasteiger partial charge in [0.05, 0.1) is 15.8 Å². The Kier molecular flexibility index (Phi) is 2.45. The maximum absolute atomic E-state index is 13.4. The summed E-state index contributed by atoms with van der Waals surface area (Å²) in [7, 11) is 1.78. The summed E-state index contributed by atoms with van der Waals surface area (Å²) in [6.07, 6.45) is 0. The van der Waals surface area contributed by atoms with Gasteiger partial charge in [0.1, 0.15) is 11.4 Å². The number of nitrogens with one attached hydrogen (secondary N) is 1. The number of halogens is 2. The van der Waals surface area contributed by atoms with Gasteiger partial charge in [0.2, 0.25) is 5.91 Å². The average Bonchev–Trinajstić information content (AvgIpc) is 2.20. The third-order valence-corrected chi connectivity index (χ3v) is 3.65. The molecule has 0 bridgehead atoms. The first kappa shape index (κ1) is 11.4. The van der Waals surface area contributed by atoms with Gasteiger partial charge in [0, 0.05) is 13.1 Å². The molecule has 0 radical (unpaired) electrons. The van der Waals surface area contributed by atoms with Crippen molar-refractivity contribution in [3.05, 3.63) is 22.4 Å². The molecule has 3 nitrogen and oxygen atoms in total. The number of nitrogens with zero attached hydrogens (tertiary/aromatic N) is 1. The molecule has 1 N–H and O–H groups in total. The number of carbonyl (C=O) groups is 1. The standard InChI is InChI=1S/C11H12BrFN2O/c1-11(2)10(16)14-8-4-6(12)7(13)5-9(8)15(11)3/h4-5H,1-3H3,(H,14,16). The van der Waals surface area contributed by atoms with Crippen molar-refractivity contribution in [2.24, 2.45) is 0 Å². The fourth-order valence-electron chi connectivity index (χ4n) is 1.64. The molecule has 2 rings (SSSR count). The van der Waals surface area contributed by atoms with Crippen molar-refractivity contribution in [3.63, 3.8) is 0 Å². The number of rotatable bonds is 0. The van der Waals surface area contributed by atoms with Crippen molar-refractivity contribution in [1.29, 1.82) is 0 Å². The third-order valence-electron chi connectivity index (χ3n) is 3.04. The summed E-state index contributed by atoms with van der Waals surface area (Å²) in [6.45, 7) is 3.59. The Bertz CT molecular complexity index is 473. The molecule has 1 aromatic carbocycles. The maximum Gasteiger partial charge on any atom is 0.249 e. The molecule has 0 aromatic heterocycles. The highest BCUT2D eigenvalue weighted by atomic mass is 79.9. The predicted molar refractivity (Wildman–Crippen MR) is 65.2 cm³/mol. The minimum absolute atomic E-state index is 0.0963. The van der Waals surface area contributed by atoms with Crippen LogP contribution in [0.4, 0.5) is 15.8 Å². The van der Waals surface area contributed by atoms with Crippen LogP contribution in [0.15, 0.2) is 16.6 Å². The van der Waals surface area contributed by atoms with E-state index in [1.54, 1.807) is 31.9 Å². The summed E-state index contributed by atoms with van der Waals surface area (Å²) < 4.78 is 13.8. The molecule has 16 heavy (non-hydrogen) atoms. The Balaban J connectivity index is 2.60. The molecule has 1 amide bonds. The van der Waals surface area contributed by atoms with Crippen molar-refractivity contribution in [1.82, 2.24) is 0 Å². The Morgan fingerprint density at radius 1 is 1.44 bits per heavy atom. The summed E-state index contributed by atoms with van der Waals surface area (Å²) in [6, 6.07) is 2.99. The quantitative estimate of drug-likeness (QED) is 0.795. The number of benzene rings is 1. The van der Waals surface area contributed by atoms with E-state index in [0.717, 1.165) is 0 Å². The minimum Gasteiger partial charge on any atom is -0.359 e. The lowest BCUT2D eigenvalue weighted by atomic mass is 9.97. The zero-order chi connectivity index (χ0) is 12.1. The molecule has 1 aliphatic heterocycles. The number of amides is 1. The first-order valence-corrected chi connectivity index (χ1v) is 5.67. The van der Waals surface area contributed by atoms with E-state index in [1.165, 1.54) is 6.07 Å². The van der Waals surface area contributed by atoms with Crippen molar-refractivity contribution < 1.29 is 9.18 Å². The summed E-state index contributed by atoms with van der Waals surface area (Å²) in [4.78, 5) is 13.6. The van der Waals surface area contributed by atoms with Crippen LogP contribution in [0.3, 0.4) is 0 Å². The maximum atomic E-state index is 13.4. The fraction of sp³-hybridized carbons (Fsp3) is 0.364. The second kappa shape index (κ2) is 3.45. The number of fused-ring (bicyclic) bond motifs is 1. The number of carbonyl (C=O) groups excluding carboxylic acids is 1. The number of hydrogen-bond acceptors (Lipinski definition) is 2. The Morgan fingerprint density at radius 3 is 2.69 bits per heavy atom. The highest BCUT2D eigenvalue weighted by Gasteiger charge is 2.38. The van der Waals surface area contributed by atoms with E-state index in [4.69, 9.17) is 0 Å². The Hall–Kier alpha value is -1.10. The number of anilines is 2. The van der Waals surface area contributed by atoms with E-state index in [9.17, 15) is 9.18 Å². The van der Waals surface area contributed by atoms with Crippen LogP contribution in [0.5, 0.6) is 0 Å². The van der Waals surface area contributed by atoms with Crippen LogP contribution in [0.2, 0.25) is 0 Å². The molecule has 86 valence electrons. The first-order chi connectivity index (χ1) is 7.34. The van der Waals surface area contributed by atoms with Crippen LogP contribution < -0.4 is 10.2 Å². The Labute approximate surface area is 102 Å². The first-order valence-electron chi connectivity index (χ1n) is 4.88. The Morgan fingerprint density at radius 2 is 2.06 bits per heavy atom. The summed E-state index contributed by atoms with van der Waals surface area (Å²) in [5.74, 6) is -0.432. The topological polar surface area (TPSA) is 32.3 Å². The van der Waals surface area contributed by atoms with Gasteiger partial charge in [-0.2, -0.15) is 0 Å². The predicted octanol–water partition coefficient (Wildman–Crippen LogP) is 2.76. The van der Waals surface area contributed by atoms with Crippen LogP contribution in [0, 0.1) is 5.82 Å². The zero-order valence-electron chi connectivity index (χ0n) is 9.27. The van der Waals surface area contributed by atoms with Crippen LogP contribution in [0.1, 0.15) is 13.8 Å². The summed E-state index contributed by atoms with van der Waals surface area (Å²) in [5, 5.41) is 2.77. The van der Waals surface area contributed by atoms with Crippen LogP contribution >= 0.6 is 15.9 Å². The van der Waals surface area contributed by atoms with E-state index in [2.05, 4.69) is 21.2 Å². The molecule has 1 aliphatic rings. The second-order valence-corrected chi connectivity index (χ2v) is 5.21. The largest absolute Gasteiger partial charge is 0.359 e. The molecular weight excluding hydrogens is 275 g/mol. The van der Waals surface area contributed by atoms with Crippen molar-refractivity contribution in [3.8, 4) is 0 Å². The summed E-state index contributed by atoms with van der Waals surface area (Å²) >= 11 is 3.10. The van der Waals surface area contributed by atoms with E-state index < -0.39 is 5.54 Å². The van der Waals surface area contributed by atoms with E-state index in [0.29, 0.717) is 15.8 Å². The molecule has 0 unspecified atom stereocenters. The van der Waals surface area contributed by atoms with Crippen molar-refractivity contribution >= 4 is 33.2 Å². The van der Waals surface area contributed by atoms with Gasteiger partial charge in [0.25, 0.3) is 0 Å². The molecule has 0 atom stereocenters. The monoisotopic (exact) mass is 286 g/mol. The van der Waals surface area contributed by atoms with Crippen LogP contribution in [-0.4, -0.2) is 18.5 Å². The van der Waals surface area contributed by atoms with Gasteiger partial charge in [0.15, 0.2) is 0 Å². The van der Waals surface area contributed by atoms with Gasteiger partial charge in [-0.1, -0.05) is 0 Å². The molecule has 0 aliphatic carbocycles. The molecule has 1 heterocycles. The average molecular weight is 287 g/mol. The second-order valence-electron chi connectivity index (χ2n) is 4.36. The molecule has 0 spiro atoms. The normalized spacial score (nSPS) is 18.1. The lowest BCUT2D eigenvalue weighted by molar-refractivity contribution is -0.120. The highest BCUT2D eigenvalue weighted by Crippen LogP contribution is 2.38. The van der Waals surface area contributed by atoms with E-state index in [1.807, 2.05) is 0 Å². The molecule has 0 saturated carbocycles. The number of hydrogen-bond donors (Lipinski definition) is 1. The molecule has 0 saturated heterocycles. The molecule has 1 aromatic rings. The molecular formula is C11H12BrFN2O. The lowest BCUT2D eigenvalue weighted by Gasteiger charge is -2.41. The minimum atomic E-state index is -0.673. The van der Waals surface area contributed by atoms with E-state index in [-0.39, 0.29) is 11.7 Å². The SMILES string of the molecule is CN1c2cc(F)c(Br)cc2NC(=O)C1(C)C.